The fraction of sp³-hybridized carbons (Fsp3) is 0.350. The van der Waals surface area contributed by atoms with Gasteiger partial charge in [0.2, 0.25) is 5.16 Å². The predicted octanol–water partition coefficient (Wildman–Crippen LogP) is 2.95. The van der Waals surface area contributed by atoms with E-state index in [4.69, 9.17) is 4.74 Å². The van der Waals surface area contributed by atoms with Crippen LogP contribution in [0.5, 0.6) is 5.75 Å². The summed E-state index contributed by atoms with van der Waals surface area (Å²) in [4.78, 5) is 18.6. The monoisotopic (exact) mass is 410 g/mol. The fourth-order valence-corrected chi connectivity index (χ4v) is 4.20. The maximum atomic E-state index is 12.5. The molecule has 29 heavy (non-hydrogen) atoms. The summed E-state index contributed by atoms with van der Waals surface area (Å²) >= 11 is 1.66. The van der Waals surface area contributed by atoms with E-state index < -0.39 is 0 Å². The van der Waals surface area contributed by atoms with Crippen molar-refractivity contribution in [3.63, 3.8) is 0 Å². The SMILES string of the molecule is Cn1nnnc1SC1CCN(C(=O)Oc2ccc(Cc3ccccn3)cc2)CC1. The zero-order chi connectivity index (χ0) is 20.1. The lowest BCUT2D eigenvalue weighted by Crippen LogP contribution is -2.40. The van der Waals surface area contributed by atoms with Crippen molar-refractivity contribution >= 4 is 17.9 Å². The first-order valence-corrected chi connectivity index (χ1v) is 10.4. The van der Waals surface area contributed by atoms with Crippen molar-refractivity contribution in [1.82, 2.24) is 30.1 Å². The van der Waals surface area contributed by atoms with E-state index in [0.29, 0.717) is 24.1 Å². The molecule has 0 spiro atoms. The zero-order valence-electron chi connectivity index (χ0n) is 16.1. The second kappa shape index (κ2) is 9.04. The van der Waals surface area contributed by atoms with Gasteiger partial charge in [0.1, 0.15) is 5.75 Å². The van der Waals surface area contributed by atoms with Crippen LogP contribution in [0.1, 0.15) is 24.1 Å². The number of amides is 1. The van der Waals surface area contributed by atoms with Gasteiger partial charge in [-0.25, -0.2) is 9.48 Å². The van der Waals surface area contributed by atoms with Crippen molar-refractivity contribution in [3.8, 4) is 5.75 Å². The molecule has 3 heterocycles. The maximum absolute atomic E-state index is 12.5. The number of piperidine rings is 1. The minimum absolute atomic E-state index is 0.300. The van der Waals surface area contributed by atoms with Gasteiger partial charge in [0.25, 0.3) is 0 Å². The van der Waals surface area contributed by atoms with Crippen LogP contribution in [0.25, 0.3) is 0 Å². The van der Waals surface area contributed by atoms with Gasteiger partial charge in [0, 0.05) is 43.7 Å². The number of nitrogens with zero attached hydrogens (tertiary/aromatic N) is 6. The number of carbonyl (C=O) groups excluding carboxylic acids is 1. The normalized spacial score (nSPS) is 14.7. The molecule has 0 bridgehead atoms. The topological polar surface area (TPSA) is 86.0 Å². The Morgan fingerprint density at radius 1 is 1.17 bits per heavy atom. The number of aromatic nitrogens is 5. The van der Waals surface area contributed by atoms with E-state index in [1.165, 1.54) is 0 Å². The molecule has 1 amide bonds. The minimum atomic E-state index is -0.300. The third-order valence-electron chi connectivity index (χ3n) is 4.79. The summed E-state index contributed by atoms with van der Waals surface area (Å²) in [6.07, 6.45) is 4.01. The van der Waals surface area contributed by atoms with Crippen LogP contribution in [-0.4, -0.2) is 54.5 Å². The van der Waals surface area contributed by atoms with Gasteiger partial charge in [0.15, 0.2) is 0 Å². The molecule has 3 aromatic rings. The highest BCUT2D eigenvalue weighted by atomic mass is 32.2. The average Bonchev–Trinajstić information content (AvgIpc) is 3.15. The lowest BCUT2D eigenvalue weighted by atomic mass is 10.1. The molecule has 150 valence electrons. The van der Waals surface area contributed by atoms with Gasteiger partial charge >= 0.3 is 6.09 Å². The van der Waals surface area contributed by atoms with Gasteiger partial charge in [0.05, 0.1) is 0 Å². The van der Waals surface area contributed by atoms with Crippen LogP contribution in [0, 0.1) is 0 Å². The number of pyridine rings is 1. The smallest absolute Gasteiger partial charge is 0.410 e. The van der Waals surface area contributed by atoms with Gasteiger partial charge in [-0.2, -0.15) is 0 Å². The highest BCUT2D eigenvalue weighted by Gasteiger charge is 2.26. The van der Waals surface area contributed by atoms with Crippen LogP contribution in [0.2, 0.25) is 0 Å². The summed E-state index contributed by atoms with van der Waals surface area (Å²) in [5, 5.41) is 12.7. The highest BCUT2D eigenvalue weighted by molar-refractivity contribution is 7.99. The van der Waals surface area contributed by atoms with Crippen molar-refractivity contribution in [2.24, 2.45) is 7.05 Å². The summed E-state index contributed by atoms with van der Waals surface area (Å²) in [5.74, 6) is 0.557. The molecule has 2 aromatic heterocycles. The number of tetrazole rings is 1. The van der Waals surface area contributed by atoms with E-state index in [-0.39, 0.29) is 6.09 Å². The summed E-state index contributed by atoms with van der Waals surface area (Å²) < 4.78 is 7.22. The molecule has 0 atom stereocenters. The molecule has 1 fully saturated rings. The third-order valence-corrected chi connectivity index (χ3v) is 6.15. The fourth-order valence-electron chi connectivity index (χ4n) is 3.18. The molecule has 0 saturated carbocycles. The first-order chi connectivity index (χ1) is 14.2. The number of carbonyl (C=O) groups is 1. The van der Waals surface area contributed by atoms with Crippen LogP contribution < -0.4 is 4.74 Å². The van der Waals surface area contributed by atoms with Gasteiger partial charge in [-0.3, -0.25) is 4.98 Å². The van der Waals surface area contributed by atoms with Crippen molar-refractivity contribution in [3.05, 3.63) is 59.9 Å². The Morgan fingerprint density at radius 3 is 2.62 bits per heavy atom. The number of likely N-dealkylation sites (tertiary alicyclic amines) is 1. The molecule has 1 saturated heterocycles. The minimum Gasteiger partial charge on any atom is -0.410 e. The number of hydrogen-bond donors (Lipinski definition) is 0. The summed E-state index contributed by atoms with van der Waals surface area (Å²) in [5.41, 5.74) is 2.13. The predicted molar refractivity (Wildman–Crippen MR) is 109 cm³/mol. The largest absolute Gasteiger partial charge is 0.415 e. The lowest BCUT2D eigenvalue weighted by molar-refractivity contribution is 0.143. The van der Waals surface area contributed by atoms with E-state index in [9.17, 15) is 4.79 Å². The quantitative estimate of drug-likeness (QED) is 0.639. The molecule has 9 heteroatoms. The van der Waals surface area contributed by atoms with E-state index >= 15 is 0 Å². The molecular weight excluding hydrogens is 388 g/mol. The van der Waals surface area contributed by atoms with Crippen LogP contribution in [-0.2, 0) is 13.5 Å². The van der Waals surface area contributed by atoms with Crippen molar-refractivity contribution in [2.75, 3.05) is 13.1 Å². The van der Waals surface area contributed by atoms with Crippen molar-refractivity contribution in [2.45, 2.75) is 29.7 Å². The first kappa shape index (κ1) is 19.4. The number of rotatable bonds is 5. The third kappa shape index (κ3) is 5.11. The molecule has 4 rings (SSSR count). The van der Waals surface area contributed by atoms with Gasteiger partial charge in [-0.15, -0.1) is 5.10 Å². The summed E-state index contributed by atoms with van der Waals surface area (Å²) in [7, 11) is 1.83. The Hall–Kier alpha value is -2.94. The van der Waals surface area contributed by atoms with Crippen LogP contribution in [0.3, 0.4) is 0 Å². The van der Waals surface area contributed by atoms with E-state index in [2.05, 4.69) is 20.5 Å². The van der Waals surface area contributed by atoms with Crippen LogP contribution in [0.15, 0.2) is 53.8 Å². The molecule has 1 aliphatic heterocycles. The molecule has 8 nitrogen and oxygen atoms in total. The van der Waals surface area contributed by atoms with Crippen LogP contribution in [0.4, 0.5) is 4.79 Å². The molecule has 1 aromatic carbocycles. The van der Waals surface area contributed by atoms with E-state index in [1.807, 2.05) is 49.5 Å². The Kier molecular flexibility index (Phi) is 6.04. The molecule has 0 N–H and O–H groups in total. The van der Waals surface area contributed by atoms with Crippen molar-refractivity contribution < 1.29 is 9.53 Å². The van der Waals surface area contributed by atoms with Gasteiger partial charge < -0.3 is 9.64 Å². The van der Waals surface area contributed by atoms with Gasteiger partial charge in [-0.05, 0) is 53.1 Å². The Labute approximate surface area is 173 Å². The average molecular weight is 411 g/mol. The van der Waals surface area contributed by atoms with E-state index in [1.54, 1.807) is 27.5 Å². The van der Waals surface area contributed by atoms with Crippen LogP contribution >= 0.6 is 11.8 Å². The molecule has 0 aliphatic carbocycles. The molecule has 1 aliphatic rings. The van der Waals surface area contributed by atoms with Crippen molar-refractivity contribution in [1.29, 1.82) is 0 Å². The standard InChI is InChI=1S/C20H22N6O2S/c1-25-19(22-23-24-25)29-18-9-12-26(13-10-18)20(27)28-17-7-5-15(6-8-17)14-16-4-2-3-11-21-16/h2-8,11,18H,9-10,12-14H2,1H3. The summed E-state index contributed by atoms with van der Waals surface area (Å²) in [6.45, 7) is 1.33. The summed E-state index contributed by atoms with van der Waals surface area (Å²) in [6, 6.07) is 13.5. The lowest BCUT2D eigenvalue weighted by Gasteiger charge is -2.30. The maximum Gasteiger partial charge on any atom is 0.415 e. The molecule has 0 radical (unpaired) electrons. The van der Waals surface area contributed by atoms with Gasteiger partial charge in [-0.1, -0.05) is 30.0 Å². The second-order valence-electron chi connectivity index (χ2n) is 6.90. The number of aryl methyl sites for hydroxylation is 1. The Bertz CT molecular complexity index is 939. The van der Waals surface area contributed by atoms with E-state index in [0.717, 1.165) is 35.7 Å². The Balaban J connectivity index is 1.26. The highest BCUT2D eigenvalue weighted by Crippen LogP contribution is 2.28. The number of thioether (sulfide) groups is 1. The number of ether oxygens (including phenoxy) is 1. The number of hydrogen-bond acceptors (Lipinski definition) is 7. The molecular formula is C20H22N6O2S. The first-order valence-electron chi connectivity index (χ1n) is 9.52. The number of benzene rings is 1. The second-order valence-corrected chi connectivity index (χ2v) is 8.17. The molecule has 0 unspecified atom stereocenters. The zero-order valence-corrected chi connectivity index (χ0v) is 17.0. The Morgan fingerprint density at radius 2 is 1.97 bits per heavy atom.